The molecule has 3 N–H and O–H groups in total. The highest BCUT2D eigenvalue weighted by Crippen LogP contribution is 2.19. The van der Waals surface area contributed by atoms with Crippen LogP contribution < -0.4 is 21.1 Å². The minimum atomic E-state index is 0.164. The number of morpholine rings is 2. The zero-order valence-corrected chi connectivity index (χ0v) is 12.2. The molecular weight excluding hydrogens is 274 g/mol. The van der Waals surface area contributed by atoms with Crippen LogP contribution in [0.5, 0.6) is 0 Å². The topological polar surface area (TPSA) is 102 Å². The van der Waals surface area contributed by atoms with Crippen LogP contribution in [0.1, 0.15) is 6.92 Å². The second-order valence-corrected chi connectivity index (χ2v) is 5.13. The van der Waals surface area contributed by atoms with Crippen LogP contribution in [0.15, 0.2) is 0 Å². The number of nitrogens with one attached hydrogen (secondary N) is 1. The first-order valence-corrected chi connectivity index (χ1v) is 7.18. The molecule has 0 bridgehead atoms. The average molecular weight is 295 g/mol. The van der Waals surface area contributed by atoms with Gasteiger partial charge in [-0.25, -0.2) is 5.84 Å². The molecule has 9 heteroatoms. The van der Waals surface area contributed by atoms with Crippen molar-refractivity contribution in [2.45, 2.75) is 13.0 Å². The van der Waals surface area contributed by atoms with Crippen LogP contribution in [0, 0.1) is 0 Å². The fraction of sp³-hybridized carbons (Fsp3) is 0.750. The molecule has 1 aromatic heterocycles. The fourth-order valence-corrected chi connectivity index (χ4v) is 2.46. The summed E-state index contributed by atoms with van der Waals surface area (Å²) in [4.78, 5) is 17.5. The first-order valence-electron chi connectivity index (χ1n) is 7.18. The molecule has 116 valence electrons. The van der Waals surface area contributed by atoms with Crippen molar-refractivity contribution in [2.24, 2.45) is 5.84 Å². The summed E-state index contributed by atoms with van der Waals surface area (Å²) < 4.78 is 10.9. The molecule has 0 aliphatic carbocycles. The van der Waals surface area contributed by atoms with Gasteiger partial charge in [0.2, 0.25) is 17.8 Å². The van der Waals surface area contributed by atoms with Crippen molar-refractivity contribution in [3.8, 4) is 0 Å². The third-order valence-corrected chi connectivity index (χ3v) is 3.56. The van der Waals surface area contributed by atoms with Crippen LogP contribution >= 0.6 is 0 Å². The van der Waals surface area contributed by atoms with Crippen LogP contribution in [0.3, 0.4) is 0 Å². The Hall–Kier alpha value is -1.71. The van der Waals surface area contributed by atoms with Gasteiger partial charge in [0.15, 0.2) is 0 Å². The Kier molecular flexibility index (Phi) is 4.32. The lowest BCUT2D eigenvalue weighted by atomic mass is 10.3. The van der Waals surface area contributed by atoms with E-state index in [0.29, 0.717) is 37.7 Å². The number of nitrogens with two attached hydrogens (primary N) is 1. The first kappa shape index (κ1) is 14.2. The summed E-state index contributed by atoms with van der Waals surface area (Å²) in [7, 11) is 0. The molecule has 0 spiro atoms. The van der Waals surface area contributed by atoms with Crippen molar-refractivity contribution in [3.63, 3.8) is 0 Å². The summed E-state index contributed by atoms with van der Waals surface area (Å²) in [5.74, 6) is 7.13. The smallest absolute Gasteiger partial charge is 0.243 e. The number of aromatic nitrogens is 3. The van der Waals surface area contributed by atoms with Crippen LogP contribution in [-0.2, 0) is 9.47 Å². The number of nitrogen functional groups attached to an aromatic ring is 1. The van der Waals surface area contributed by atoms with Gasteiger partial charge in [0, 0.05) is 26.2 Å². The Bertz CT molecular complexity index is 481. The van der Waals surface area contributed by atoms with Gasteiger partial charge in [-0.2, -0.15) is 15.0 Å². The number of anilines is 3. The highest BCUT2D eigenvalue weighted by molar-refractivity contribution is 5.45. The van der Waals surface area contributed by atoms with Gasteiger partial charge in [0.25, 0.3) is 0 Å². The maximum absolute atomic E-state index is 5.55. The van der Waals surface area contributed by atoms with E-state index in [1.807, 2.05) is 6.92 Å². The maximum atomic E-state index is 5.55. The second kappa shape index (κ2) is 6.37. The number of hydrogen-bond acceptors (Lipinski definition) is 9. The van der Waals surface area contributed by atoms with Gasteiger partial charge in [0.1, 0.15) is 0 Å². The standard InChI is InChI=1S/C12H21N7O2/c1-9-8-19(4-7-21-9)12-15-10(17-13)14-11(16-12)18-2-5-20-6-3-18/h9H,2-8,13H2,1H3,(H,14,15,16,17). The number of hydrazine groups is 1. The third-order valence-electron chi connectivity index (χ3n) is 3.56. The van der Waals surface area contributed by atoms with Crippen molar-refractivity contribution in [1.29, 1.82) is 0 Å². The summed E-state index contributed by atoms with van der Waals surface area (Å²) in [6.45, 7) is 7.14. The van der Waals surface area contributed by atoms with E-state index in [2.05, 4.69) is 30.2 Å². The van der Waals surface area contributed by atoms with E-state index < -0.39 is 0 Å². The van der Waals surface area contributed by atoms with Crippen molar-refractivity contribution in [1.82, 2.24) is 15.0 Å². The average Bonchev–Trinajstić information content (AvgIpc) is 2.55. The molecule has 2 saturated heterocycles. The third kappa shape index (κ3) is 3.31. The minimum absolute atomic E-state index is 0.164. The Morgan fingerprint density at radius 2 is 1.71 bits per heavy atom. The molecule has 2 aliphatic rings. The molecule has 2 fully saturated rings. The summed E-state index contributed by atoms with van der Waals surface area (Å²) in [5.41, 5.74) is 2.52. The van der Waals surface area contributed by atoms with E-state index >= 15 is 0 Å². The van der Waals surface area contributed by atoms with Crippen LogP contribution in [0.25, 0.3) is 0 Å². The second-order valence-electron chi connectivity index (χ2n) is 5.13. The maximum Gasteiger partial charge on any atom is 0.243 e. The zero-order chi connectivity index (χ0) is 14.7. The van der Waals surface area contributed by atoms with Gasteiger partial charge >= 0.3 is 0 Å². The molecule has 0 aromatic carbocycles. The van der Waals surface area contributed by atoms with E-state index in [0.717, 1.165) is 26.2 Å². The number of ether oxygens (including phenoxy) is 2. The monoisotopic (exact) mass is 295 g/mol. The molecule has 1 aromatic rings. The highest BCUT2D eigenvalue weighted by Gasteiger charge is 2.22. The zero-order valence-electron chi connectivity index (χ0n) is 12.2. The lowest BCUT2D eigenvalue weighted by Crippen LogP contribution is -2.43. The summed E-state index contributed by atoms with van der Waals surface area (Å²) in [5, 5.41) is 0. The molecule has 0 amide bonds. The normalized spacial score (nSPS) is 23.2. The number of hydrogen-bond donors (Lipinski definition) is 2. The van der Waals surface area contributed by atoms with E-state index in [4.69, 9.17) is 15.3 Å². The van der Waals surface area contributed by atoms with E-state index in [9.17, 15) is 0 Å². The van der Waals surface area contributed by atoms with Crippen LogP contribution in [-0.4, -0.2) is 67.1 Å². The quantitative estimate of drug-likeness (QED) is 0.549. The molecule has 9 nitrogen and oxygen atoms in total. The predicted molar refractivity (Wildman–Crippen MR) is 78.3 cm³/mol. The Morgan fingerprint density at radius 1 is 1.05 bits per heavy atom. The number of rotatable bonds is 3. The van der Waals surface area contributed by atoms with Gasteiger partial charge in [-0.3, -0.25) is 5.43 Å². The predicted octanol–water partition coefficient (Wildman–Crippen LogP) is -0.781. The molecule has 21 heavy (non-hydrogen) atoms. The molecule has 0 saturated carbocycles. The van der Waals surface area contributed by atoms with E-state index in [-0.39, 0.29) is 6.10 Å². The highest BCUT2D eigenvalue weighted by atomic mass is 16.5. The molecule has 1 atom stereocenters. The van der Waals surface area contributed by atoms with Crippen molar-refractivity contribution < 1.29 is 9.47 Å². The van der Waals surface area contributed by atoms with E-state index in [1.165, 1.54) is 0 Å². The Labute approximate surface area is 123 Å². The molecule has 3 rings (SSSR count). The largest absolute Gasteiger partial charge is 0.378 e. The lowest BCUT2D eigenvalue weighted by molar-refractivity contribution is 0.0526. The van der Waals surface area contributed by atoms with Gasteiger partial charge in [0.05, 0.1) is 25.9 Å². The molecule has 0 radical (unpaired) electrons. The van der Waals surface area contributed by atoms with Gasteiger partial charge < -0.3 is 19.3 Å². The first-order chi connectivity index (χ1) is 10.3. The fourth-order valence-electron chi connectivity index (χ4n) is 2.46. The van der Waals surface area contributed by atoms with E-state index in [1.54, 1.807) is 0 Å². The van der Waals surface area contributed by atoms with Crippen LogP contribution in [0.2, 0.25) is 0 Å². The molecule has 2 aliphatic heterocycles. The lowest BCUT2D eigenvalue weighted by Gasteiger charge is -2.32. The van der Waals surface area contributed by atoms with Gasteiger partial charge in [-0.1, -0.05) is 0 Å². The molecule has 3 heterocycles. The van der Waals surface area contributed by atoms with Gasteiger partial charge in [-0.15, -0.1) is 0 Å². The SMILES string of the molecule is CC1CN(c2nc(NN)nc(N3CCOCC3)n2)CCO1. The summed E-state index contributed by atoms with van der Waals surface area (Å²) >= 11 is 0. The molecular formula is C12H21N7O2. The van der Waals surface area contributed by atoms with Crippen LogP contribution in [0.4, 0.5) is 17.8 Å². The van der Waals surface area contributed by atoms with Crippen molar-refractivity contribution in [3.05, 3.63) is 0 Å². The summed E-state index contributed by atoms with van der Waals surface area (Å²) in [6.07, 6.45) is 0.164. The Balaban J connectivity index is 1.85. The Morgan fingerprint density at radius 3 is 2.38 bits per heavy atom. The number of nitrogens with zero attached hydrogens (tertiary/aromatic N) is 5. The summed E-state index contributed by atoms with van der Waals surface area (Å²) in [6, 6.07) is 0. The molecule has 1 unspecified atom stereocenters. The minimum Gasteiger partial charge on any atom is -0.378 e. The van der Waals surface area contributed by atoms with Gasteiger partial charge in [-0.05, 0) is 6.92 Å². The van der Waals surface area contributed by atoms with Crippen molar-refractivity contribution in [2.75, 3.05) is 61.2 Å². The van der Waals surface area contributed by atoms with Crippen molar-refractivity contribution >= 4 is 17.8 Å².